The lowest BCUT2D eigenvalue weighted by atomic mass is 9.63. The zero-order valence-corrected chi connectivity index (χ0v) is 15.5. The van der Waals surface area contributed by atoms with Crippen LogP contribution in [0, 0.1) is 0 Å². The zero-order chi connectivity index (χ0) is 19.1. The molecule has 0 radical (unpaired) electrons. The number of nitrogens with zero attached hydrogens (tertiary/aromatic N) is 2. The average molecular weight is 353 g/mol. The maximum atomic E-state index is 12.6. The van der Waals surface area contributed by atoms with E-state index in [1.165, 1.54) is 17.3 Å². The molecule has 0 saturated carbocycles. The molecule has 1 heterocycles. The minimum atomic E-state index is -1.16. The number of fused-ring (bicyclic) bond motifs is 1. The van der Waals surface area contributed by atoms with Gasteiger partial charge in [-0.05, 0) is 46.9 Å². The molecule has 0 atom stereocenters. The van der Waals surface area contributed by atoms with Crippen molar-refractivity contribution in [3.63, 3.8) is 0 Å². The minimum absolute atomic E-state index is 0.0179. The third-order valence-electron chi connectivity index (χ3n) is 5.23. The lowest BCUT2D eigenvalue weighted by molar-refractivity contribution is 0.0690. The summed E-state index contributed by atoms with van der Waals surface area (Å²) in [5.74, 6) is -1.23. The quantitative estimate of drug-likeness (QED) is 0.876. The van der Waals surface area contributed by atoms with Crippen LogP contribution in [0.1, 0.15) is 72.5 Å². The molecular formula is C20H23N3O3. The summed E-state index contributed by atoms with van der Waals surface area (Å²) in [4.78, 5) is 31.1. The summed E-state index contributed by atoms with van der Waals surface area (Å²) < 4.78 is 0. The van der Waals surface area contributed by atoms with Crippen LogP contribution in [0.3, 0.4) is 0 Å². The first kappa shape index (κ1) is 18.0. The molecule has 26 heavy (non-hydrogen) atoms. The number of hydrogen-bond donors (Lipinski definition) is 2. The van der Waals surface area contributed by atoms with Gasteiger partial charge in [-0.1, -0.05) is 33.8 Å². The van der Waals surface area contributed by atoms with Crippen LogP contribution < -0.4 is 5.32 Å². The molecule has 1 aliphatic rings. The number of nitrogens with one attached hydrogen (secondary N) is 1. The highest BCUT2D eigenvalue weighted by Crippen LogP contribution is 2.45. The van der Waals surface area contributed by atoms with Crippen molar-refractivity contribution in [1.82, 2.24) is 9.97 Å². The number of hydrogen-bond acceptors (Lipinski definition) is 4. The second-order valence-corrected chi connectivity index (χ2v) is 8.07. The summed E-state index contributed by atoms with van der Waals surface area (Å²) in [6, 6.07) is 5.84. The third-order valence-corrected chi connectivity index (χ3v) is 5.23. The van der Waals surface area contributed by atoms with Crippen molar-refractivity contribution in [3.8, 4) is 0 Å². The van der Waals surface area contributed by atoms with Crippen LogP contribution in [0.25, 0.3) is 0 Å². The predicted octanol–water partition coefficient (Wildman–Crippen LogP) is 3.78. The van der Waals surface area contributed by atoms with Gasteiger partial charge < -0.3 is 10.4 Å². The zero-order valence-electron chi connectivity index (χ0n) is 15.5. The summed E-state index contributed by atoms with van der Waals surface area (Å²) in [6.07, 6.45) is 4.55. The van der Waals surface area contributed by atoms with Crippen LogP contribution >= 0.6 is 0 Å². The second-order valence-electron chi connectivity index (χ2n) is 8.07. The van der Waals surface area contributed by atoms with Gasteiger partial charge in [0.15, 0.2) is 11.5 Å². The predicted molar refractivity (Wildman–Crippen MR) is 98.7 cm³/mol. The number of carbonyl (C=O) groups excluding carboxylic acids is 1. The largest absolute Gasteiger partial charge is 0.476 e. The molecule has 2 N–H and O–H groups in total. The van der Waals surface area contributed by atoms with E-state index in [0.29, 0.717) is 5.56 Å². The topological polar surface area (TPSA) is 92.2 Å². The minimum Gasteiger partial charge on any atom is -0.476 e. The Bertz CT molecular complexity index is 870. The van der Waals surface area contributed by atoms with Crippen molar-refractivity contribution < 1.29 is 14.7 Å². The van der Waals surface area contributed by atoms with Crippen molar-refractivity contribution in [2.24, 2.45) is 0 Å². The Morgan fingerprint density at radius 3 is 2.23 bits per heavy atom. The number of benzene rings is 1. The van der Waals surface area contributed by atoms with E-state index in [1.54, 1.807) is 0 Å². The van der Waals surface area contributed by atoms with Gasteiger partial charge in [0.05, 0.1) is 12.4 Å². The maximum absolute atomic E-state index is 12.6. The Hall–Kier alpha value is -2.76. The molecule has 0 saturated heterocycles. The molecule has 1 amide bonds. The van der Waals surface area contributed by atoms with Crippen LogP contribution in [0.5, 0.6) is 0 Å². The van der Waals surface area contributed by atoms with E-state index in [0.717, 1.165) is 19.0 Å². The van der Waals surface area contributed by atoms with Crippen LogP contribution in [-0.2, 0) is 10.8 Å². The number of aromatic carboxylic acids is 1. The number of carbonyl (C=O) groups is 2. The number of carboxylic acids is 1. The first-order valence-corrected chi connectivity index (χ1v) is 8.62. The number of amides is 1. The molecule has 1 aromatic carbocycles. The number of carboxylic acid groups (broad SMARTS) is 1. The van der Waals surface area contributed by atoms with Gasteiger partial charge in [0.2, 0.25) is 0 Å². The standard InChI is InChI=1S/C20H23N3O3/c1-19(2)7-8-20(3,4)14-9-12(5-6-13(14)19)17(24)23-16-11-21-15(10-22-16)18(25)26/h5-6,9-11H,7-8H2,1-4H3,(H,25,26)(H,22,23,24). The van der Waals surface area contributed by atoms with Crippen LogP contribution in [0.2, 0.25) is 0 Å². The summed E-state index contributed by atoms with van der Waals surface area (Å²) in [5, 5.41) is 11.5. The molecule has 0 unspecified atom stereocenters. The summed E-state index contributed by atoms with van der Waals surface area (Å²) >= 11 is 0. The highest BCUT2D eigenvalue weighted by atomic mass is 16.4. The van der Waals surface area contributed by atoms with Gasteiger partial charge in [-0.25, -0.2) is 14.8 Å². The highest BCUT2D eigenvalue weighted by molar-refractivity contribution is 6.04. The molecule has 1 aromatic heterocycles. The van der Waals surface area contributed by atoms with E-state index in [-0.39, 0.29) is 28.2 Å². The molecule has 6 heteroatoms. The molecule has 0 bridgehead atoms. The number of anilines is 1. The van der Waals surface area contributed by atoms with E-state index < -0.39 is 5.97 Å². The molecule has 0 fully saturated rings. The molecule has 3 rings (SSSR count). The molecule has 0 aliphatic heterocycles. The number of rotatable bonds is 3. The van der Waals surface area contributed by atoms with E-state index in [9.17, 15) is 9.59 Å². The van der Waals surface area contributed by atoms with Gasteiger partial charge in [-0.15, -0.1) is 0 Å². The Balaban J connectivity index is 1.88. The van der Waals surface area contributed by atoms with Crippen molar-refractivity contribution in [1.29, 1.82) is 0 Å². The molecule has 2 aromatic rings. The third kappa shape index (κ3) is 3.31. The summed E-state index contributed by atoms with van der Waals surface area (Å²) in [6.45, 7) is 8.89. The normalized spacial score (nSPS) is 17.2. The number of aromatic nitrogens is 2. The fraction of sp³-hybridized carbons (Fsp3) is 0.400. The van der Waals surface area contributed by atoms with Gasteiger partial charge >= 0.3 is 5.97 Å². The maximum Gasteiger partial charge on any atom is 0.356 e. The fourth-order valence-corrected chi connectivity index (χ4v) is 3.42. The molecule has 136 valence electrons. The van der Waals surface area contributed by atoms with Crippen molar-refractivity contribution >= 4 is 17.7 Å². The van der Waals surface area contributed by atoms with E-state index >= 15 is 0 Å². The first-order chi connectivity index (χ1) is 12.1. The van der Waals surface area contributed by atoms with Crippen LogP contribution in [-0.4, -0.2) is 27.0 Å². The Labute approximate surface area is 152 Å². The van der Waals surface area contributed by atoms with E-state index in [2.05, 4.69) is 43.0 Å². The molecule has 6 nitrogen and oxygen atoms in total. The SMILES string of the molecule is CC1(C)CCC(C)(C)c2cc(C(=O)Nc3cnc(C(=O)O)cn3)ccc21. The Morgan fingerprint density at radius 1 is 1.00 bits per heavy atom. The summed E-state index contributed by atoms with van der Waals surface area (Å²) in [5.41, 5.74) is 2.99. The summed E-state index contributed by atoms with van der Waals surface area (Å²) in [7, 11) is 0. The Morgan fingerprint density at radius 2 is 1.65 bits per heavy atom. The van der Waals surface area contributed by atoms with E-state index in [4.69, 9.17) is 5.11 Å². The first-order valence-electron chi connectivity index (χ1n) is 8.62. The lowest BCUT2D eigenvalue weighted by Crippen LogP contribution is -2.34. The monoisotopic (exact) mass is 353 g/mol. The Kier molecular flexibility index (Phi) is 4.30. The van der Waals surface area contributed by atoms with Gasteiger partial charge in [-0.2, -0.15) is 0 Å². The highest BCUT2D eigenvalue weighted by Gasteiger charge is 2.37. The van der Waals surface area contributed by atoms with E-state index in [1.807, 2.05) is 18.2 Å². The van der Waals surface area contributed by atoms with Crippen LogP contribution in [0.15, 0.2) is 30.6 Å². The molecule has 0 spiro atoms. The molecule has 1 aliphatic carbocycles. The van der Waals surface area contributed by atoms with Crippen molar-refractivity contribution in [3.05, 3.63) is 53.0 Å². The van der Waals surface area contributed by atoms with Gasteiger partial charge in [0.1, 0.15) is 0 Å². The van der Waals surface area contributed by atoms with Gasteiger partial charge in [-0.3, -0.25) is 4.79 Å². The van der Waals surface area contributed by atoms with Crippen LogP contribution in [0.4, 0.5) is 5.82 Å². The van der Waals surface area contributed by atoms with Crippen molar-refractivity contribution in [2.75, 3.05) is 5.32 Å². The van der Waals surface area contributed by atoms with Crippen molar-refractivity contribution in [2.45, 2.75) is 51.4 Å². The van der Waals surface area contributed by atoms with Gasteiger partial charge in [0.25, 0.3) is 5.91 Å². The smallest absolute Gasteiger partial charge is 0.356 e. The average Bonchev–Trinajstić information content (AvgIpc) is 2.59. The lowest BCUT2D eigenvalue weighted by Gasteiger charge is -2.42. The van der Waals surface area contributed by atoms with Gasteiger partial charge in [0, 0.05) is 5.56 Å². The molecular weight excluding hydrogens is 330 g/mol. The second kappa shape index (κ2) is 6.20. The fourth-order valence-electron chi connectivity index (χ4n) is 3.42.